The highest BCUT2D eigenvalue weighted by Crippen LogP contribution is 2.35. The van der Waals surface area contributed by atoms with E-state index < -0.39 is 0 Å². The van der Waals surface area contributed by atoms with Crippen molar-refractivity contribution in [1.29, 1.82) is 0 Å². The topological polar surface area (TPSA) is 104 Å². The van der Waals surface area contributed by atoms with Gasteiger partial charge in [0, 0.05) is 17.5 Å². The molecule has 0 saturated heterocycles. The average Bonchev–Trinajstić information content (AvgIpc) is 3.43. The first-order chi connectivity index (χ1) is 15.6. The second-order valence-electron chi connectivity index (χ2n) is 7.32. The number of nitrogens with zero attached hydrogens (tertiary/aromatic N) is 5. The van der Waals surface area contributed by atoms with Crippen molar-refractivity contribution in [1.82, 2.24) is 30.0 Å². The standard InChI is InChI=1S/C23H20N6O3/c1-14-4-3-5-17(27-14)11-25-22(30)18-12-26-29(15(18)2)23-24-9-8-19(28-23)16-6-7-20-21(10-16)32-13-31-20/h3-10,12H,11,13H2,1-2H3,(H,25,30). The smallest absolute Gasteiger partial charge is 0.255 e. The molecule has 1 aliphatic rings. The lowest BCUT2D eigenvalue weighted by atomic mass is 10.1. The van der Waals surface area contributed by atoms with E-state index in [1.807, 2.05) is 56.3 Å². The van der Waals surface area contributed by atoms with Crippen LogP contribution in [0.5, 0.6) is 11.5 Å². The number of ether oxygens (including phenoxy) is 2. The molecule has 160 valence electrons. The molecule has 0 bridgehead atoms. The predicted octanol–water partition coefficient (Wildman–Crippen LogP) is 3.00. The average molecular weight is 428 g/mol. The number of nitrogens with one attached hydrogen (secondary N) is 1. The maximum atomic E-state index is 12.7. The third kappa shape index (κ3) is 3.76. The summed E-state index contributed by atoms with van der Waals surface area (Å²) in [5.41, 5.74) is 4.37. The molecule has 9 heteroatoms. The summed E-state index contributed by atoms with van der Waals surface area (Å²) in [7, 11) is 0. The zero-order valence-corrected chi connectivity index (χ0v) is 17.6. The number of rotatable bonds is 5. The van der Waals surface area contributed by atoms with Crippen LogP contribution in [0.15, 0.2) is 54.9 Å². The molecule has 0 atom stereocenters. The van der Waals surface area contributed by atoms with Crippen LogP contribution in [0.3, 0.4) is 0 Å². The normalized spacial score (nSPS) is 12.1. The van der Waals surface area contributed by atoms with Crippen molar-refractivity contribution in [3.05, 3.63) is 77.5 Å². The first-order valence-corrected chi connectivity index (χ1v) is 10.1. The van der Waals surface area contributed by atoms with Crippen molar-refractivity contribution in [2.24, 2.45) is 0 Å². The fourth-order valence-electron chi connectivity index (χ4n) is 3.47. The Morgan fingerprint density at radius 2 is 1.97 bits per heavy atom. The van der Waals surface area contributed by atoms with Crippen LogP contribution in [0.25, 0.3) is 17.2 Å². The summed E-state index contributed by atoms with van der Waals surface area (Å²) in [5.74, 6) is 1.53. The van der Waals surface area contributed by atoms with Crippen LogP contribution >= 0.6 is 0 Å². The van der Waals surface area contributed by atoms with Crippen LogP contribution in [0.4, 0.5) is 0 Å². The molecule has 4 heterocycles. The molecule has 1 aliphatic heterocycles. The highest BCUT2D eigenvalue weighted by atomic mass is 16.7. The largest absolute Gasteiger partial charge is 0.454 e. The molecule has 0 saturated carbocycles. The minimum atomic E-state index is -0.232. The number of aryl methyl sites for hydroxylation is 1. The molecule has 5 rings (SSSR count). The molecule has 9 nitrogen and oxygen atoms in total. The summed E-state index contributed by atoms with van der Waals surface area (Å²) in [6.07, 6.45) is 3.18. The van der Waals surface area contributed by atoms with Gasteiger partial charge in [0.15, 0.2) is 11.5 Å². The minimum Gasteiger partial charge on any atom is -0.454 e. The van der Waals surface area contributed by atoms with Gasteiger partial charge in [-0.15, -0.1) is 0 Å². The molecule has 0 fully saturated rings. The van der Waals surface area contributed by atoms with Gasteiger partial charge >= 0.3 is 0 Å². The fourth-order valence-corrected chi connectivity index (χ4v) is 3.47. The van der Waals surface area contributed by atoms with Gasteiger partial charge < -0.3 is 14.8 Å². The van der Waals surface area contributed by atoms with Crippen LogP contribution < -0.4 is 14.8 Å². The van der Waals surface area contributed by atoms with E-state index >= 15 is 0 Å². The maximum absolute atomic E-state index is 12.7. The second-order valence-corrected chi connectivity index (χ2v) is 7.32. The van der Waals surface area contributed by atoms with Crippen LogP contribution in [-0.4, -0.2) is 37.4 Å². The van der Waals surface area contributed by atoms with E-state index in [1.54, 1.807) is 10.9 Å². The Hall–Kier alpha value is -4.27. The summed E-state index contributed by atoms with van der Waals surface area (Å²) < 4.78 is 12.4. The monoisotopic (exact) mass is 428 g/mol. The summed E-state index contributed by atoms with van der Waals surface area (Å²) >= 11 is 0. The van der Waals surface area contributed by atoms with E-state index in [9.17, 15) is 4.79 Å². The Morgan fingerprint density at radius 3 is 2.84 bits per heavy atom. The maximum Gasteiger partial charge on any atom is 0.255 e. The van der Waals surface area contributed by atoms with E-state index in [1.165, 1.54) is 6.20 Å². The Bertz CT molecular complexity index is 1320. The molecule has 1 N–H and O–H groups in total. The SMILES string of the molecule is Cc1cccc(CNC(=O)c2cnn(-c3nccc(-c4ccc5c(c4)OCO5)n3)c2C)n1. The van der Waals surface area contributed by atoms with Crippen LogP contribution in [0.2, 0.25) is 0 Å². The Kier molecular flexibility index (Phi) is 4.98. The lowest BCUT2D eigenvalue weighted by Crippen LogP contribution is -2.24. The van der Waals surface area contributed by atoms with Gasteiger partial charge in [-0.2, -0.15) is 5.10 Å². The third-order valence-corrected chi connectivity index (χ3v) is 5.13. The molecule has 0 radical (unpaired) electrons. The molecule has 4 aromatic rings. The zero-order chi connectivity index (χ0) is 22.1. The third-order valence-electron chi connectivity index (χ3n) is 5.13. The first-order valence-electron chi connectivity index (χ1n) is 10.1. The highest BCUT2D eigenvalue weighted by Gasteiger charge is 2.18. The lowest BCUT2D eigenvalue weighted by Gasteiger charge is -2.07. The number of benzene rings is 1. The van der Waals surface area contributed by atoms with E-state index in [0.29, 0.717) is 40.9 Å². The Morgan fingerprint density at radius 1 is 1.09 bits per heavy atom. The summed E-state index contributed by atoms with van der Waals surface area (Å²) in [6, 6.07) is 13.1. The summed E-state index contributed by atoms with van der Waals surface area (Å²) in [6.45, 7) is 4.27. The number of carbonyl (C=O) groups excluding carboxylic acids is 1. The van der Waals surface area contributed by atoms with Gasteiger partial charge in [-0.25, -0.2) is 14.6 Å². The van der Waals surface area contributed by atoms with Crippen molar-refractivity contribution < 1.29 is 14.3 Å². The number of fused-ring (bicyclic) bond motifs is 1. The van der Waals surface area contributed by atoms with E-state index in [-0.39, 0.29) is 12.7 Å². The summed E-state index contributed by atoms with van der Waals surface area (Å²) in [5, 5.41) is 7.23. The molecule has 3 aromatic heterocycles. The first kappa shape index (κ1) is 19.7. The molecule has 1 amide bonds. The van der Waals surface area contributed by atoms with Gasteiger partial charge in [-0.3, -0.25) is 9.78 Å². The van der Waals surface area contributed by atoms with Crippen molar-refractivity contribution >= 4 is 5.91 Å². The van der Waals surface area contributed by atoms with Crippen LogP contribution in [0.1, 0.15) is 27.4 Å². The number of aromatic nitrogens is 5. The van der Waals surface area contributed by atoms with Crippen LogP contribution in [0, 0.1) is 13.8 Å². The molecule has 0 unspecified atom stereocenters. The molecule has 32 heavy (non-hydrogen) atoms. The van der Waals surface area contributed by atoms with Crippen molar-refractivity contribution in [2.75, 3.05) is 6.79 Å². The fraction of sp³-hybridized carbons (Fsp3) is 0.174. The molecular weight excluding hydrogens is 408 g/mol. The zero-order valence-electron chi connectivity index (χ0n) is 17.6. The van der Waals surface area contributed by atoms with Crippen molar-refractivity contribution in [2.45, 2.75) is 20.4 Å². The predicted molar refractivity (Wildman–Crippen MR) is 116 cm³/mol. The molecular formula is C23H20N6O3. The van der Waals surface area contributed by atoms with Gasteiger partial charge in [0.05, 0.1) is 35.4 Å². The van der Waals surface area contributed by atoms with Gasteiger partial charge in [0.1, 0.15) is 0 Å². The van der Waals surface area contributed by atoms with E-state index in [4.69, 9.17) is 9.47 Å². The van der Waals surface area contributed by atoms with Crippen molar-refractivity contribution in [3.8, 4) is 28.7 Å². The van der Waals surface area contributed by atoms with Gasteiger partial charge in [-0.05, 0) is 50.2 Å². The molecule has 1 aromatic carbocycles. The van der Waals surface area contributed by atoms with E-state index in [0.717, 1.165) is 17.0 Å². The quantitative estimate of drug-likeness (QED) is 0.521. The van der Waals surface area contributed by atoms with Crippen molar-refractivity contribution in [3.63, 3.8) is 0 Å². The molecule has 0 spiro atoms. The molecule has 0 aliphatic carbocycles. The minimum absolute atomic E-state index is 0.213. The Balaban J connectivity index is 1.37. The van der Waals surface area contributed by atoms with Gasteiger partial charge in [-0.1, -0.05) is 6.07 Å². The van der Waals surface area contributed by atoms with E-state index in [2.05, 4.69) is 25.4 Å². The lowest BCUT2D eigenvalue weighted by molar-refractivity contribution is 0.0949. The van der Waals surface area contributed by atoms with Crippen LogP contribution in [-0.2, 0) is 6.54 Å². The number of carbonyl (C=O) groups is 1. The number of pyridine rings is 1. The highest BCUT2D eigenvalue weighted by molar-refractivity contribution is 5.95. The summed E-state index contributed by atoms with van der Waals surface area (Å²) in [4.78, 5) is 26.1. The Labute approximate surface area is 184 Å². The van der Waals surface area contributed by atoms with Gasteiger partial charge in [0.25, 0.3) is 11.9 Å². The second kappa shape index (κ2) is 8.10. The van der Waals surface area contributed by atoms with Gasteiger partial charge in [0.2, 0.25) is 6.79 Å². The number of amides is 1. The number of hydrogen-bond donors (Lipinski definition) is 1. The number of hydrogen-bond acceptors (Lipinski definition) is 7.